The second-order valence-corrected chi connectivity index (χ2v) is 6.30. The maximum absolute atomic E-state index is 12.0. The van der Waals surface area contributed by atoms with E-state index in [0.717, 1.165) is 5.75 Å². The van der Waals surface area contributed by atoms with Gasteiger partial charge in [0.25, 0.3) is 0 Å². The number of aromatic nitrogens is 2. The highest BCUT2D eigenvalue weighted by molar-refractivity contribution is 7.98. The van der Waals surface area contributed by atoms with Crippen molar-refractivity contribution in [3.05, 3.63) is 11.4 Å². The van der Waals surface area contributed by atoms with Crippen molar-refractivity contribution in [1.29, 1.82) is 0 Å². The average Bonchev–Trinajstić information content (AvgIpc) is 2.45. The van der Waals surface area contributed by atoms with Crippen molar-refractivity contribution in [3.8, 4) is 0 Å². The summed E-state index contributed by atoms with van der Waals surface area (Å²) >= 11 is 1.61. The zero-order chi connectivity index (χ0) is 12.3. The van der Waals surface area contributed by atoms with E-state index in [1.54, 1.807) is 25.6 Å². The van der Waals surface area contributed by atoms with Gasteiger partial charge in [0, 0.05) is 11.8 Å². The van der Waals surface area contributed by atoms with Gasteiger partial charge in [0.1, 0.15) is 4.90 Å². The fourth-order valence-electron chi connectivity index (χ4n) is 1.54. The van der Waals surface area contributed by atoms with E-state index in [2.05, 4.69) is 14.9 Å². The lowest BCUT2D eigenvalue weighted by Gasteiger charge is -2.12. The van der Waals surface area contributed by atoms with E-state index < -0.39 is 10.0 Å². The zero-order valence-corrected chi connectivity index (χ0v) is 11.5. The van der Waals surface area contributed by atoms with E-state index >= 15 is 0 Å². The minimum Gasteiger partial charge on any atom is -0.281 e. The van der Waals surface area contributed by atoms with Crippen LogP contribution in [0.25, 0.3) is 0 Å². The van der Waals surface area contributed by atoms with Crippen LogP contribution in [0, 0.1) is 13.8 Å². The fourth-order valence-corrected chi connectivity index (χ4v) is 3.85. The first-order valence-corrected chi connectivity index (χ1v) is 7.79. The topological polar surface area (TPSA) is 74.8 Å². The maximum atomic E-state index is 12.0. The molecule has 1 aromatic heterocycles. The molecule has 0 aromatic carbocycles. The van der Waals surface area contributed by atoms with Gasteiger partial charge in [0.2, 0.25) is 10.0 Å². The second kappa shape index (κ2) is 5.20. The van der Waals surface area contributed by atoms with Crippen LogP contribution in [0.3, 0.4) is 0 Å². The van der Waals surface area contributed by atoms with Crippen LogP contribution in [-0.2, 0) is 10.0 Å². The number of rotatable bonds is 5. The Morgan fingerprint density at radius 2 is 2.12 bits per heavy atom. The fraction of sp³-hybridized carbons (Fsp3) is 0.667. The average molecular weight is 263 g/mol. The van der Waals surface area contributed by atoms with Crippen molar-refractivity contribution in [2.24, 2.45) is 0 Å². The van der Waals surface area contributed by atoms with Crippen LogP contribution in [0.4, 0.5) is 0 Å². The van der Waals surface area contributed by atoms with Crippen LogP contribution in [0.1, 0.15) is 18.3 Å². The summed E-state index contributed by atoms with van der Waals surface area (Å²) < 4.78 is 26.7. The molecule has 1 atom stereocenters. The highest BCUT2D eigenvalue weighted by Gasteiger charge is 2.23. The molecule has 0 radical (unpaired) electrons. The third-order valence-corrected chi connectivity index (χ3v) is 4.79. The molecule has 5 nitrogen and oxygen atoms in total. The first kappa shape index (κ1) is 13.5. The predicted molar refractivity (Wildman–Crippen MR) is 66.2 cm³/mol. The van der Waals surface area contributed by atoms with Gasteiger partial charge in [-0.15, -0.1) is 0 Å². The Hall–Kier alpha value is -0.530. The van der Waals surface area contributed by atoms with Crippen molar-refractivity contribution in [3.63, 3.8) is 0 Å². The highest BCUT2D eigenvalue weighted by Crippen LogP contribution is 2.16. The Morgan fingerprint density at radius 3 is 2.56 bits per heavy atom. The van der Waals surface area contributed by atoms with Crippen LogP contribution in [0.5, 0.6) is 0 Å². The smallest absolute Gasteiger partial charge is 0.244 e. The van der Waals surface area contributed by atoms with Crippen LogP contribution in [0.15, 0.2) is 4.90 Å². The molecule has 1 heterocycles. The second-order valence-electron chi connectivity index (χ2n) is 3.74. The Bertz CT molecular complexity index is 434. The number of aromatic amines is 1. The maximum Gasteiger partial charge on any atom is 0.244 e. The number of H-pyrrole nitrogens is 1. The number of sulfonamides is 1. The largest absolute Gasteiger partial charge is 0.281 e. The van der Waals surface area contributed by atoms with E-state index in [1.165, 1.54) is 0 Å². The summed E-state index contributed by atoms with van der Waals surface area (Å²) in [5.74, 6) is 0.745. The molecule has 1 aromatic rings. The molecular formula is C9H17N3O2S2. The number of aryl methyl sites for hydroxylation is 2. The first-order valence-electron chi connectivity index (χ1n) is 4.91. The molecule has 0 aliphatic heterocycles. The van der Waals surface area contributed by atoms with Gasteiger partial charge < -0.3 is 0 Å². The standard InChI is InChI=1S/C9H17N3O2S2/c1-6(5-15-4)12-16(13,14)9-7(2)10-11-8(9)3/h6,12H,5H2,1-4H3,(H,10,11). The normalized spacial score (nSPS) is 14.0. The summed E-state index contributed by atoms with van der Waals surface area (Å²) in [7, 11) is -3.46. The van der Waals surface area contributed by atoms with Gasteiger partial charge in [0.15, 0.2) is 0 Å². The molecule has 1 unspecified atom stereocenters. The number of thioether (sulfide) groups is 1. The highest BCUT2D eigenvalue weighted by atomic mass is 32.2. The molecule has 0 amide bonds. The number of nitrogens with zero attached hydrogens (tertiary/aromatic N) is 1. The number of hydrogen-bond donors (Lipinski definition) is 2. The van der Waals surface area contributed by atoms with Crippen LogP contribution in [0.2, 0.25) is 0 Å². The van der Waals surface area contributed by atoms with E-state index in [4.69, 9.17) is 0 Å². The molecule has 0 aliphatic rings. The molecule has 16 heavy (non-hydrogen) atoms. The molecule has 92 valence electrons. The van der Waals surface area contributed by atoms with Gasteiger partial charge in [-0.25, -0.2) is 13.1 Å². The van der Waals surface area contributed by atoms with E-state index in [1.807, 2.05) is 13.2 Å². The minimum absolute atomic E-state index is 0.0892. The van der Waals surface area contributed by atoms with Crippen LogP contribution in [-0.4, -0.2) is 36.7 Å². The lowest BCUT2D eigenvalue weighted by molar-refractivity contribution is 0.570. The van der Waals surface area contributed by atoms with Crippen molar-refractivity contribution >= 4 is 21.8 Å². The Labute approximate surface area is 100 Å². The monoisotopic (exact) mass is 263 g/mol. The van der Waals surface area contributed by atoms with Gasteiger partial charge in [-0.3, -0.25) is 5.10 Å². The Kier molecular flexibility index (Phi) is 4.40. The molecule has 1 rings (SSSR count). The van der Waals surface area contributed by atoms with Crippen LogP contribution >= 0.6 is 11.8 Å². The molecule has 0 spiro atoms. The zero-order valence-electron chi connectivity index (χ0n) is 9.86. The molecule has 0 saturated carbocycles. The van der Waals surface area contributed by atoms with Crippen molar-refractivity contribution in [2.45, 2.75) is 31.7 Å². The number of hydrogen-bond acceptors (Lipinski definition) is 4. The molecule has 0 aliphatic carbocycles. The van der Waals surface area contributed by atoms with E-state index in [9.17, 15) is 8.42 Å². The van der Waals surface area contributed by atoms with Gasteiger partial charge >= 0.3 is 0 Å². The Balaban J connectivity index is 2.95. The van der Waals surface area contributed by atoms with Crippen molar-refractivity contribution in [1.82, 2.24) is 14.9 Å². The van der Waals surface area contributed by atoms with Gasteiger partial charge in [0.05, 0.1) is 11.4 Å². The lowest BCUT2D eigenvalue weighted by atomic mass is 10.4. The predicted octanol–water partition coefficient (Wildman–Crippen LogP) is 1.06. The first-order chi connectivity index (χ1) is 7.38. The van der Waals surface area contributed by atoms with Crippen LogP contribution < -0.4 is 4.72 Å². The van der Waals surface area contributed by atoms with Gasteiger partial charge in [-0.1, -0.05) is 0 Å². The summed E-state index contributed by atoms with van der Waals surface area (Å²) in [4.78, 5) is 0.264. The van der Waals surface area contributed by atoms with Gasteiger partial charge in [-0.2, -0.15) is 16.9 Å². The van der Waals surface area contributed by atoms with E-state index in [0.29, 0.717) is 11.4 Å². The molecule has 0 bridgehead atoms. The van der Waals surface area contributed by atoms with Crippen molar-refractivity contribution in [2.75, 3.05) is 12.0 Å². The SMILES string of the molecule is CSCC(C)NS(=O)(=O)c1c(C)n[nH]c1C. The molecule has 2 N–H and O–H groups in total. The lowest BCUT2D eigenvalue weighted by Crippen LogP contribution is -2.34. The summed E-state index contributed by atoms with van der Waals surface area (Å²) in [5, 5.41) is 6.56. The van der Waals surface area contributed by atoms with Crippen molar-refractivity contribution < 1.29 is 8.42 Å². The molecule has 7 heteroatoms. The molecule has 0 saturated heterocycles. The summed E-state index contributed by atoms with van der Waals surface area (Å²) in [6.07, 6.45) is 1.94. The molecular weight excluding hydrogens is 246 g/mol. The number of nitrogens with one attached hydrogen (secondary N) is 2. The third-order valence-electron chi connectivity index (χ3n) is 2.10. The molecule has 0 fully saturated rings. The summed E-state index contributed by atoms with van der Waals surface area (Å²) in [6.45, 7) is 5.23. The third kappa shape index (κ3) is 2.99. The minimum atomic E-state index is -3.46. The summed E-state index contributed by atoms with van der Waals surface area (Å²) in [6, 6.07) is -0.0892. The van der Waals surface area contributed by atoms with E-state index in [-0.39, 0.29) is 10.9 Å². The van der Waals surface area contributed by atoms with Gasteiger partial charge in [-0.05, 0) is 27.0 Å². The Morgan fingerprint density at radius 1 is 1.50 bits per heavy atom. The summed E-state index contributed by atoms with van der Waals surface area (Å²) in [5.41, 5.74) is 1.07. The quantitative estimate of drug-likeness (QED) is 0.833.